The SMILES string of the molecule is CC1(C(=O)c2c[nH]c3ncc(-c4ccc(N5CCNCC5)cc4)nc23)CCCCC1. The van der Waals surface area contributed by atoms with E-state index >= 15 is 0 Å². The monoisotopic (exact) mass is 403 g/mol. The quantitative estimate of drug-likeness (QED) is 0.639. The molecule has 6 heteroatoms. The van der Waals surface area contributed by atoms with Gasteiger partial charge >= 0.3 is 0 Å². The number of carbonyl (C=O) groups excluding carboxylic acids is 1. The van der Waals surface area contributed by atoms with Crippen molar-refractivity contribution in [3.63, 3.8) is 0 Å². The van der Waals surface area contributed by atoms with Crippen LogP contribution in [0.3, 0.4) is 0 Å². The first-order valence-electron chi connectivity index (χ1n) is 11.1. The van der Waals surface area contributed by atoms with Gasteiger partial charge in [-0.3, -0.25) is 4.79 Å². The summed E-state index contributed by atoms with van der Waals surface area (Å²) < 4.78 is 0. The summed E-state index contributed by atoms with van der Waals surface area (Å²) in [6.07, 6.45) is 8.98. The molecule has 2 fully saturated rings. The highest BCUT2D eigenvalue weighted by Crippen LogP contribution is 2.39. The third-order valence-corrected chi connectivity index (χ3v) is 6.78. The number of H-pyrrole nitrogens is 1. The molecule has 30 heavy (non-hydrogen) atoms. The van der Waals surface area contributed by atoms with Crippen LogP contribution in [0.4, 0.5) is 5.69 Å². The van der Waals surface area contributed by atoms with Gasteiger partial charge in [-0.2, -0.15) is 0 Å². The molecular formula is C24H29N5O. The van der Waals surface area contributed by atoms with Crippen molar-refractivity contribution in [1.29, 1.82) is 0 Å². The van der Waals surface area contributed by atoms with E-state index in [4.69, 9.17) is 4.98 Å². The zero-order chi connectivity index (χ0) is 20.6. The number of aromatic amines is 1. The van der Waals surface area contributed by atoms with Gasteiger partial charge in [-0.15, -0.1) is 0 Å². The number of benzene rings is 1. The number of nitrogens with one attached hydrogen (secondary N) is 2. The van der Waals surface area contributed by atoms with E-state index in [1.165, 1.54) is 12.1 Å². The molecule has 0 bridgehead atoms. The summed E-state index contributed by atoms with van der Waals surface area (Å²) in [6.45, 7) is 6.21. The molecule has 1 saturated heterocycles. The van der Waals surface area contributed by atoms with Crippen molar-refractivity contribution in [3.05, 3.63) is 42.2 Å². The number of hydrogen-bond donors (Lipinski definition) is 2. The van der Waals surface area contributed by atoms with Crippen molar-refractivity contribution < 1.29 is 4.79 Å². The number of fused-ring (bicyclic) bond motifs is 1. The lowest BCUT2D eigenvalue weighted by atomic mass is 9.71. The van der Waals surface area contributed by atoms with E-state index in [1.54, 1.807) is 12.4 Å². The van der Waals surface area contributed by atoms with Gasteiger partial charge in [0.1, 0.15) is 5.52 Å². The molecule has 1 aliphatic carbocycles. The van der Waals surface area contributed by atoms with Gasteiger partial charge in [0.05, 0.1) is 17.5 Å². The number of anilines is 1. The lowest BCUT2D eigenvalue weighted by Crippen LogP contribution is -2.43. The summed E-state index contributed by atoms with van der Waals surface area (Å²) in [7, 11) is 0. The minimum Gasteiger partial charge on any atom is -0.369 e. The van der Waals surface area contributed by atoms with E-state index in [9.17, 15) is 4.79 Å². The third-order valence-electron chi connectivity index (χ3n) is 6.78. The van der Waals surface area contributed by atoms with Crippen LogP contribution in [-0.4, -0.2) is 46.9 Å². The molecule has 1 aromatic carbocycles. The Morgan fingerprint density at radius 1 is 1.07 bits per heavy atom. The number of Topliss-reactive ketones (excluding diaryl/α,β-unsaturated/α-hetero) is 1. The van der Waals surface area contributed by atoms with E-state index < -0.39 is 0 Å². The molecule has 0 atom stereocenters. The number of piperazine rings is 1. The molecule has 0 radical (unpaired) electrons. The maximum Gasteiger partial charge on any atom is 0.172 e. The molecule has 3 aromatic rings. The van der Waals surface area contributed by atoms with Crippen molar-refractivity contribution in [2.45, 2.75) is 39.0 Å². The van der Waals surface area contributed by atoms with Gasteiger partial charge < -0.3 is 15.2 Å². The Hall–Kier alpha value is -2.73. The summed E-state index contributed by atoms with van der Waals surface area (Å²) in [5.74, 6) is 0.203. The van der Waals surface area contributed by atoms with E-state index in [2.05, 4.69) is 51.4 Å². The van der Waals surface area contributed by atoms with Crippen LogP contribution in [0, 0.1) is 5.41 Å². The topological polar surface area (TPSA) is 73.9 Å². The number of hydrogen-bond acceptors (Lipinski definition) is 5. The summed E-state index contributed by atoms with van der Waals surface area (Å²) in [6, 6.07) is 8.51. The molecule has 156 valence electrons. The second kappa shape index (κ2) is 7.84. The highest BCUT2D eigenvalue weighted by atomic mass is 16.1. The van der Waals surface area contributed by atoms with E-state index in [1.807, 2.05) is 0 Å². The van der Waals surface area contributed by atoms with Crippen LogP contribution in [0.2, 0.25) is 0 Å². The van der Waals surface area contributed by atoms with Crippen LogP contribution >= 0.6 is 0 Å². The fraction of sp³-hybridized carbons (Fsp3) is 0.458. The van der Waals surface area contributed by atoms with Crippen LogP contribution in [0.25, 0.3) is 22.4 Å². The van der Waals surface area contributed by atoms with E-state index in [-0.39, 0.29) is 11.2 Å². The molecule has 0 spiro atoms. The molecular weight excluding hydrogens is 374 g/mol. The minimum absolute atomic E-state index is 0.203. The van der Waals surface area contributed by atoms with Gasteiger partial charge in [-0.1, -0.05) is 38.3 Å². The van der Waals surface area contributed by atoms with Crippen LogP contribution in [-0.2, 0) is 0 Å². The fourth-order valence-electron chi connectivity index (χ4n) is 4.85. The Kier molecular flexibility index (Phi) is 5.03. The molecule has 0 amide bonds. The highest BCUT2D eigenvalue weighted by Gasteiger charge is 2.36. The first-order valence-corrected chi connectivity index (χ1v) is 11.1. The third kappa shape index (κ3) is 3.49. The predicted molar refractivity (Wildman–Crippen MR) is 120 cm³/mol. The van der Waals surface area contributed by atoms with Gasteiger partial charge in [0.15, 0.2) is 11.4 Å². The lowest BCUT2D eigenvalue weighted by Gasteiger charge is -2.31. The van der Waals surface area contributed by atoms with Gasteiger partial charge in [0.25, 0.3) is 0 Å². The Morgan fingerprint density at radius 3 is 2.53 bits per heavy atom. The number of carbonyl (C=O) groups is 1. The number of nitrogens with zero attached hydrogens (tertiary/aromatic N) is 3. The summed E-state index contributed by atoms with van der Waals surface area (Å²) in [4.78, 5) is 28.3. The number of ketones is 1. The van der Waals surface area contributed by atoms with Crippen LogP contribution in [0.15, 0.2) is 36.7 Å². The van der Waals surface area contributed by atoms with Gasteiger partial charge in [-0.25, -0.2) is 9.97 Å². The molecule has 2 N–H and O–H groups in total. The van der Waals surface area contributed by atoms with Crippen LogP contribution in [0.5, 0.6) is 0 Å². The number of aromatic nitrogens is 3. The van der Waals surface area contributed by atoms with Crippen molar-refractivity contribution >= 4 is 22.6 Å². The lowest BCUT2D eigenvalue weighted by molar-refractivity contribution is 0.0751. The average Bonchev–Trinajstić information content (AvgIpc) is 3.23. The van der Waals surface area contributed by atoms with Crippen LogP contribution < -0.4 is 10.2 Å². The maximum absolute atomic E-state index is 13.4. The van der Waals surface area contributed by atoms with E-state index in [0.29, 0.717) is 16.7 Å². The molecule has 2 aromatic heterocycles. The molecule has 1 aliphatic heterocycles. The molecule has 2 aliphatic rings. The largest absolute Gasteiger partial charge is 0.369 e. The van der Waals surface area contributed by atoms with Crippen molar-refractivity contribution in [1.82, 2.24) is 20.3 Å². The summed E-state index contributed by atoms with van der Waals surface area (Å²) >= 11 is 0. The molecule has 0 unspecified atom stereocenters. The van der Waals surface area contributed by atoms with Gasteiger partial charge in [0, 0.05) is 49.0 Å². The van der Waals surface area contributed by atoms with Gasteiger partial charge in [-0.05, 0) is 25.0 Å². The molecule has 3 heterocycles. The predicted octanol–water partition coefficient (Wildman–Crippen LogP) is 4.19. The normalized spacial score (nSPS) is 19.2. The van der Waals surface area contributed by atoms with Gasteiger partial charge in [0.2, 0.25) is 0 Å². The average molecular weight is 404 g/mol. The van der Waals surface area contributed by atoms with Crippen molar-refractivity contribution in [3.8, 4) is 11.3 Å². The minimum atomic E-state index is -0.282. The first-order chi connectivity index (χ1) is 14.6. The van der Waals surface area contributed by atoms with E-state index in [0.717, 1.165) is 63.1 Å². The second-order valence-corrected chi connectivity index (χ2v) is 8.89. The molecule has 1 saturated carbocycles. The van der Waals surface area contributed by atoms with Crippen LogP contribution in [0.1, 0.15) is 49.4 Å². The smallest absolute Gasteiger partial charge is 0.172 e. The fourth-order valence-corrected chi connectivity index (χ4v) is 4.85. The highest BCUT2D eigenvalue weighted by molar-refractivity contribution is 6.08. The maximum atomic E-state index is 13.4. The van der Waals surface area contributed by atoms with Crippen molar-refractivity contribution in [2.75, 3.05) is 31.1 Å². The Bertz CT molecular complexity index is 1040. The standard InChI is InChI=1S/C24H29N5O/c1-24(9-3-2-4-10-24)22(30)19-15-26-23-21(19)28-20(16-27-23)17-5-7-18(8-6-17)29-13-11-25-12-14-29/h5-8,15-16,25H,2-4,9-14H2,1H3,(H,26,27). The molecule has 6 nitrogen and oxygen atoms in total. The molecule has 5 rings (SSSR count). The summed E-state index contributed by atoms with van der Waals surface area (Å²) in [5.41, 5.74) is 4.83. The zero-order valence-corrected chi connectivity index (χ0v) is 17.6. The Morgan fingerprint density at radius 2 is 1.80 bits per heavy atom. The first kappa shape index (κ1) is 19.2. The summed E-state index contributed by atoms with van der Waals surface area (Å²) in [5, 5.41) is 3.39. The number of rotatable bonds is 4. The second-order valence-electron chi connectivity index (χ2n) is 8.89. The Labute approximate surface area is 177 Å². The van der Waals surface area contributed by atoms with Crippen molar-refractivity contribution in [2.24, 2.45) is 5.41 Å². The Balaban J connectivity index is 1.44. The zero-order valence-electron chi connectivity index (χ0n) is 17.6.